The molecule has 0 spiro atoms. The van der Waals surface area contributed by atoms with E-state index in [9.17, 15) is 9.59 Å². The first kappa shape index (κ1) is 15.7. The first-order chi connectivity index (χ1) is 10.7. The fourth-order valence-corrected chi connectivity index (χ4v) is 3.06. The number of nitrogens with zero attached hydrogens (tertiary/aromatic N) is 2. The van der Waals surface area contributed by atoms with Gasteiger partial charge >= 0.3 is 0 Å². The largest absolute Gasteiger partial charge is 0.338 e. The van der Waals surface area contributed by atoms with Gasteiger partial charge in [0.25, 0.3) is 11.8 Å². The van der Waals surface area contributed by atoms with Crippen molar-refractivity contribution < 1.29 is 20.2 Å². The van der Waals surface area contributed by atoms with Crippen LogP contribution < -0.4 is 10.6 Å². The summed E-state index contributed by atoms with van der Waals surface area (Å²) in [4.78, 5) is 28.1. The average molecular weight is 310 g/mol. The maximum Gasteiger partial charge on any atom is 0.277 e. The SMILES string of the molecule is O=C(C[NH2+]CC1CC1)N1CCN(C(=O)C[NH2+]CC2CC2)CC1. The normalized spacial score (nSPS) is 22.0. The van der Waals surface area contributed by atoms with Crippen LogP contribution in [-0.4, -0.2) is 74.0 Å². The molecule has 3 fully saturated rings. The van der Waals surface area contributed by atoms with E-state index < -0.39 is 0 Å². The first-order valence-corrected chi connectivity index (χ1v) is 8.91. The molecule has 3 rings (SSSR count). The van der Waals surface area contributed by atoms with E-state index in [0.717, 1.165) is 24.9 Å². The Morgan fingerprint density at radius 1 is 0.727 bits per heavy atom. The molecule has 3 aliphatic rings. The number of hydrogen-bond donors (Lipinski definition) is 2. The van der Waals surface area contributed by atoms with Gasteiger partial charge in [0.2, 0.25) is 0 Å². The highest BCUT2D eigenvalue weighted by atomic mass is 16.2. The van der Waals surface area contributed by atoms with Gasteiger partial charge in [-0.05, 0) is 25.7 Å². The molecule has 0 atom stereocenters. The van der Waals surface area contributed by atoms with Crippen LogP contribution in [0.4, 0.5) is 0 Å². The molecule has 6 nitrogen and oxygen atoms in total. The lowest BCUT2D eigenvalue weighted by Gasteiger charge is -2.34. The molecule has 2 saturated carbocycles. The van der Waals surface area contributed by atoms with Gasteiger partial charge in [-0.2, -0.15) is 0 Å². The molecule has 0 bridgehead atoms. The molecule has 1 heterocycles. The Balaban J connectivity index is 1.28. The molecule has 0 aromatic heterocycles. The minimum Gasteiger partial charge on any atom is -0.338 e. The lowest BCUT2D eigenvalue weighted by molar-refractivity contribution is -0.647. The average Bonchev–Trinajstić information content (AvgIpc) is 3.42. The quantitative estimate of drug-likeness (QED) is 0.525. The van der Waals surface area contributed by atoms with Gasteiger partial charge in [-0.25, -0.2) is 0 Å². The maximum atomic E-state index is 12.1. The third-order valence-electron chi connectivity index (χ3n) is 5.02. The monoisotopic (exact) mass is 310 g/mol. The third-order valence-corrected chi connectivity index (χ3v) is 5.02. The Kier molecular flexibility index (Phi) is 5.31. The summed E-state index contributed by atoms with van der Waals surface area (Å²) in [6, 6.07) is 0. The maximum absolute atomic E-state index is 12.1. The Morgan fingerprint density at radius 3 is 1.41 bits per heavy atom. The number of quaternary nitrogens is 2. The van der Waals surface area contributed by atoms with Crippen molar-refractivity contribution in [2.75, 3.05) is 52.4 Å². The summed E-state index contributed by atoms with van der Waals surface area (Å²) in [5.74, 6) is 2.17. The molecule has 2 aliphatic carbocycles. The molecule has 4 N–H and O–H groups in total. The topological polar surface area (TPSA) is 73.8 Å². The lowest BCUT2D eigenvalue weighted by atomic mass is 10.3. The minimum atomic E-state index is 0.230. The summed E-state index contributed by atoms with van der Waals surface area (Å²) >= 11 is 0. The fraction of sp³-hybridized carbons (Fsp3) is 0.875. The van der Waals surface area contributed by atoms with Crippen molar-refractivity contribution in [2.24, 2.45) is 11.8 Å². The van der Waals surface area contributed by atoms with Gasteiger partial charge in [0.15, 0.2) is 13.1 Å². The van der Waals surface area contributed by atoms with Crippen molar-refractivity contribution in [1.29, 1.82) is 0 Å². The summed E-state index contributed by atoms with van der Waals surface area (Å²) in [5.41, 5.74) is 0. The van der Waals surface area contributed by atoms with E-state index in [1.807, 2.05) is 9.80 Å². The summed E-state index contributed by atoms with van der Waals surface area (Å²) in [5, 5.41) is 4.29. The third kappa shape index (κ3) is 4.95. The molecule has 0 unspecified atom stereocenters. The van der Waals surface area contributed by atoms with Crippen LogP contribution >= 0.6 is 0 Å². The summed E-state index contributed by atoms with van der Waals surface area (Å²) in [7, 11) is 0. The Bertz CT molecular complexity index is 361. The Hall–Kier alpha value is -1.14. The zero-order valence-corrected chi connectivity index (χ0v) is 13.5. The predicted octanol–water partition coefficient (Wildman–Crippen LogP) is -2.40. The molecule has 1 aliphatic heterocycles. The number of piperazine rings is 1. The van der Waals surface area contributed by atoms with Crippen molar-refractivity contribution >= 4 is 11.8 Å². The Morgan fingerprint density at radius 2 is 1.09 bits per heavy atom. The van der Waals surface area contributed by atoms with E-state index >= 15 is 0 Å². The number of rotatable bonds is 8. The van der Waals surface area contributed by atoms with E-state index in [1.54, 1.807) is 0 Å². The molecule has 124 valence electrons. The zero-order valence-electron chi connectivity index (χ0n) is 13.5. The van der Waals surface area contributed by atoms with E-state index in [-0.39, 0.29) is 11.8 Å². The van der Waals surface area contributed by atoms with Crippen LogP contribution in [0.3, 0.4) is 0 Å². The van der Waals surface area contributed by atoms with Crippen LogP contribution in [0.5, 0.6) is 0 Å². The van der Waals surface area contributed by atoms with Crippen LogP contribution in [0.1, 0.15) is 25.7 Å². The summed E-state index contributed by atoms with van der Waals surface area (Å²) < 4.78 is 0. The number of carbonyl (C=O) groups is 2. The van der Waals surface area contributed by atoms with Crippen molar-refractivity contribution in [1.82, 2.24) is 9.80 Å². The van der Waals surface area contributed by atoms with Crippen LogP contribution in [0.25, 0.3) is 0 Å². The van der Waals surface area contributed by atoms with Gasteiger partial charge in [0.1, 0.15) is 0 Å². The molecule has 0 aromatic carbocycles. The standard InChI is InChI=1S/C16H28N4O2/c21-15(11-17-9-13-1-2-13)19-5-7-20(8-6-19)16(22)12-18-10-14-3-4-14/h13-14,17-18H,1-12H2/p+2. The van der Waals surface area contributed by atoms with E-state index in [1.165, 1.54) is 25.7 Å². The van der Waals surface area contributed by atoms with Gasteiger partial charge in [-0.15, -0.1) is 0 Å². The van der Waals surface area contributed by atoms with Gasteiger partial charge in [-0.3, -0.25) is 9.59 Å². The molecular formula is C16H30N4O2+2. The zero-order chi connectivity index (χ0) is 15.4. The summed E-state index contributed by atoms with van der Waals surface area (Å²) in [6.45, 7) is 6.13. The summed E-state index contributed by atoms with van der Waals surface area (Å²) in [6.07, 6.45) is 5.35. The van der Waals surface area contributed by atoms with Crippen LogP contribution in [0.2, 0.25) is 0 Å². The van der Waals surface area contributed by atoms with Crippen molar-refractivity contribution in [2.45, 2.75) is 25.7 Å². The molecule has 2 amide bonds. The molecular weight excluding hydrogens is 280 g/mol. The smallest absolute Gasteiger partial charge is 0.277 e. The number of nitrogens with two attached hydrogens (primary N) is 2. The van der Waals surface area contributed by atoms with Crippen LogP contribution in [-0.2, 0) is 9.59 Å². The van der Waals surface area contributed by atoms with Crippen LogP contribution in [0, 0.1) is 11.8 Å². The van der Waals surface area contributed by atoms with Crippen molar-refractivity contribution in [3.05, 3.63) is 0 Å². The first-order valence-electron chi connectivity index (χ1n) is 8.91. The van der Waals surface area contributed by atoms with Crippen LogP contribution in [0.15, 0.2) is 0 Å². The predicted molar refractivity (Wildman–Crippen MR) is 81.9 cm³/mol. The Labute approximate surface area is 132 Å². The van der Waals surface area contributed by atoms with Crippen molar-refractivity contribution in [3.63, 3.8) is 0 Å². The van der Waals surface area contributed by atoms with E-state index in [0.29, 0.717) is 39.3 Å². The second kappa shape index (κ2) is 7.42. The van der Waals surface area contributed by atoms with Gasteiger partial charge in [-0.1, -0.05) is 0 Å². The fourth-order valence-electron chi connectivity index (χ4n) is 3.06. The van der Waals surface area contributed by atoms with Gasteiger partial charge in [0.05, 0.1) is 13.1 Å². The second-order valence-corrected chi connectivity index (χ2v) is 7.11. The van der Waals surface area contributed by atoms with Crippen molar-refractivity contribution in [3.8, 4) is 0 Å². The van der Waals surface area contributed by atoms with E-state index in [2.05, 4.69) is 10.6 Å². The minimum absolute atomic E-state index is 0.230. The molecule has 0 aromatic rings. The van der Waals surface area contributed by atoms with E-state index in [4.69, 9.17) is 0 Å². The molecule has 1 saturated heterocycles. The second-order valence-electron chi connectivity index (χ2n) is 7.11. The molecule has 0 radical (unpaired) electrons. The number of carbonyl (C=O) groups excluding carboxylic acids is 2. The molecule has 22 heavy (non-hydrogen) atoms. The number of amides is 2. The molecule has 6 heteroatoms. The van der Waals surface area contributed by atoms with Gasteiger partial charge < -0.3 is 20.4 Å². The highest BCUT2D eigenvalue weighted by Crippen LogP contribution is 2.26. The lowest BCUT2D eigenvalue weighted by Crippen LogP contribution is -2.88. The van der Waals surface area contributed by atoms with Gasteiger partial charge in [0, 0.05) is 38.0 Å². The number of hydrogen-bond acceptors (Lipinski definition) is 2. The highest BCUT2D eigenvalue weighted by Gasteiger charge is 2.28. The highest BCUT2D eigenvalue weighted by molar-refractivity contribution is 5.79.